The summed E-state index contributed by atoms with van der Waals surface area (Å²) in [6.07, 6.45) is 4.09. The molecule has 0 spiro atoms. The Labute approximate surface area is 74.7 Å². The third-order valence-electron chi connectivity index (χ3n) is 1.95. The second kappa shape index (κ2) is 2.97. The van der Waals surface area contributed by atoms with Crippen LogP contribution in [0.2, 0.25) is 0 Å². The summed E-state index contributed by atoms with van der Waals surface area (Å²) in [5, 5.41) is 0.923. The number of H-pyrrole nitrogens is 1. The molecule has 0 bridgehead atoms. The summed E-state index contributed by atoms with van der Waals surface area (Å²) in [6.45, 7) is 2.00. The van der Waals surface area contributed by atoms with E-state index in [1.165, 1.54) is 0 Å². The van der Waals surface area contributed by atoms with Crippen molar-refractivity contribution in [2.75, 3.05) is 0 Å². The Bertz CT molecular complexity index is 489. The molecule has 0 fully saturated rings. The van der Waals surface area contributed by atoms with Gasteiger partial charge in [0, 0.05) is 17.8 Å². The van der Waals surface area contributed by atoms with Crippen LogP contribution in [0.4, 0.5) is 0 Å². The molecule has 0 saturated heterocycles. The molecule has 0 saturated carbocycles. The smallest absolute Gasteiger partial charge is 0.304 e. The molecule has 0 atom stereocenters. The molecule has 0 amide bonds. The number of fused-ring (bicyclic) bond motifs is 1. The first-order valence-corrected chi connectivity index (χ1v) is 4.14. The molecular weight excluding hydrogens is 166 g/mol. The van der Waals surface area contributed by atoms with Crippen LogP contribution < -0.4 is 5.69 Å². The first kappa shape index (κ1) is 7.91. The van der Waals surface area contributed by atoms with Gasteiger partial charge >= 0.3 is 5.69 Å². The fraction of sp³-hybridized carbons (Fsp3) is 0.222. The lowest BCUT2D eigenvalue weighted by Crippen LogP contribution is -2.10. The van der Waals surface area contributed by atoms with Gasteiger partial charge in [-0.3, -0.25) is 4.98 Å². The zero-order valence-corrected chi connectivity index (χ0v) is 7.24. The minimum Gasteiger partial charge on any atom is -0.304 e. The molecule has 13 heavy (non-hydrogen) atoms. The van der Waals surface area contributed by atoms with E-state index < -0.39 is 0 Å². The van der Waals surface area contributed by atoms with Gasteiger partial charge in [-0.25, -0.2) is 9.78 Å². The van der Waals surface area contributed by atoms with Crippen molar-refractivity contribution in [2.45, 2.75) is 13.3 Å². The monoisotopic (exact) mass is 175 g/mol. The average Bonchev–Trinajstić information content (AvgIpc) is 2.17. The molecule has 4 nitrogen and oxygen atoms in total. The number of nitrogens with one attached hydrogen (secondary N) is 1. The van der Waals surface area contributed by atoms with Crippen molar-refractivity contribution in [3.8, 4) is 0 Å². The van der Waals surface area contributed by atoms with Gasteiger partial charge in [-0.05, 0) is 12.5 Å². The Morgan fingerprint density at radius 3 is 3.08 bits per heavy atom. The minimum absolute atomic E-state index is 0.324. The number of hydrogen-bond donors (Lipinski definition) is 1. The lowest BCUT2D eigenvalue weighted by molar-refractivity contribution is 1.02. The summed E-state index contributed by atoms with van der Waals surface area (Å²) in [7, 11) is 0. The van der Waals surface area contributed by atoms with Crippen LogP contribution in [-0.4, -0.2) is 15.0 Å². The van der Waals surface area contributed by atoms with Crippen LogP contribution in [0.1, 0.15) is 12.6 Å². The number of nitrogens with zero attached hydrogens (tertiary/aromatic N) is 2. The first-order chi connectivity index (χ1) is 6.31. The first-order valence-electron chi connectivity index (χ1n) is 4.14. The lowest BCUT2D eigenvalue weighted by Gasteiger charge is -2.00. The topological polar surface area (TPSA) is 58.6 Å². The molecule has 2 aromatic heterocycles. The maximum Gasteiger partial charge on any atom is 0.345 e. The summed E-state index contributed by atoms with van der Waals surface area (Å²) in [5.41, 5.74) is 1.37. The molecule has 0 aliphatic carbocycles. The van der Waals surface area contributed by atoms with Crippen molar-refractivity contribution in [1.82, 2.24) is 15.0 Å². The fourth-order valence-electron chi connectivity index (χ4n) is 1.31. The maximum absolute atomic E-state index is 11.0. The molecule has 2 rings (SSSR count). The molecule has 4 heteroatoms. The van der Waals surface area contributed by atoms with Crippen molar-refractivity contribution < 1.29 is 0 Å². The summed E-state index contributed by atoms with van der Waals surface area (Å²) in [6, 6.07) is 1.83. The maximum atomic E-state index is 11.0. The molecule has 0 aliphatic rings. The SMILES string of the molecule is CCc1nccc2cnc(=O)[nH]c12. The number of pyridine rings is 1. The van der Waals surface area contributed by atoms with Gasteiger partial charge in [0.2, 0.25) is 0 Å². The standard InChI is InChI=1S/C9H9N3O/c1-2-7-8-6(3-4-10-7)5-11-9(13)12-8/h3-5H,2H2,1H3,(H,11,12,13). The van der Waals surface area contributed by atoms with E-state index in [2.05, 4.69) is 15.0 Å². The van der Waals surface area contributed by atoms with Crippen LogP contribution in [0.3, 0.4) is 0 Å². The van der Waals surface area contributed by atoms with E-state index >= 15 is 0 Å². The highest BCUT2D eigenvalue weighted by Crippen LogP contribution is 2.10. The van der Waals surface area contributed by atoms with Crippen LogP contribution in [0, 0.1) is 0 Å². The molecule has 0 unspecified atom stereocenters. The number of hydrogen-bond acceptors (Lipinski definition) is 3. The van der Waals surface area contributed by atoms with Gasteiger partial charge in [-0.15, -0.1) is 0 Å². The normalized spacial score (nSPS) is 10.5. The molecule has 1 N–H and O–H groups in total. The summed E-state index contributed by atoms with van der Waals surface area (Å²) in [4.78, 5) is 21.4. The highest BCUT2D eigenvalue weighted by molar-refractivity contribution is 5.78. The van der Waals surface area contributed by atoms with E-state index in [0.717, 1.165) is 23.0 Å². The second-order valence-electron chi connectivity index (χ2n) is 2.76. The zero-order valence-electron chi connectivity index (χ0n) is 7.24. The molecule has 66 valence electrons. The summed E-state index contributed by atoms with van der Waals surface area (Å²) < 4.78 is 0. The van der Waals surface area contributed by atoms with E-state index in [9.17, 15) is 4.79 Å². The van der Waals surface area contributed by atoms with Crippen molar-refractivity contribution in [3.63, 3.8) is 0 Å². The van der Waals surface area contributed by atoms with Crippen LogP contribution in [0.5, 0.6) is 0 Å². The summed E-state index contributed by atoms with van der Waals surface area (Å²) in [5.74, 6) is 0. The highest BCUT2D eigenvalue weighted by atomic mass is 16.1. The summed E-state index contributed by atoms with van der Waals surface area (Å²) >= 11 is 0. The van der Waals surface area contributed by atoms with Crippen LogP contribution in [-0.2, 0) is 6.42 Å². The molecule has 0 aliphatic heterocycles. The third-order valence-corrected chi connectivity index (χ3v) is 1.95. The molecule has 2 heterocycles. The van der Waals surface area contributed by atoms with E-state index in [1.807, 2.05) is 13.0 Å². The van der Waals surface area contributed by atoms with Gasteiger partial charge in [0.05, 0.1) is 11.2 Å². The Hall–Kier alpha value is -1.71. The Kier molecular flexibility index (Phi) is 1.81. The minimum atomic E-state index is -0.324. The molecule has 2 aromatic rings. The molecule has 0 radical (unpaired) electrons. The Morgan fingerprint density at radius 1 is 1.46 bits per heavy atom. The van der Waals surface area contributed by atoms with E-state index in [0.29, 0.717) is 0 Å². The van der Waals surface area contributed by atoms with Gasteiger partial charge in [0.1, 0.15) is 0 Å². The highest BCUT2D eigenvalue weighted by Gasteiger charge is 2.00. The van der Waals surface area contributed by atoms with Gasteiger partial charge in [0.15, 0.2) is 0 Å². The van der Waals surface area contributed by atoms with Crippen molar-refractivity contribution in [2.24, 2.45) is 0 Å². The van der Waals surface area contributed by atoms with Crippen molar-refractivity contribution in [1.29, 1.82) is 0 Å². The number of aryl methyl sites for hydroxylation is 1. The predicted octanol–water partition coefficient (Wildman–Crippen LogP) is 0.881. The second-order valence-corrected chi connectivity index (χ2v) is 2.76. The van der Waals surface area contributed by atoms with E-state index in [1.54, 1.807) is 12.4 Å². The predicted molar refractivity (Wildman–Crippen MR) is 49.5 cm³/mol. The van der Waals surface area contributed by atoms with Crippen molar-refractivity contribution in [3.05, 3.63) is 34.6 Å². The van der Waals surface area contributed by atoms with Gasteiger partial charge in [-0.1, -0.05) is 6.92 Å². The number of rotatable bonds is 1. The van der Waals surface area contributed by atoms with Crippen LogP contribution in [0.25, 0.3) is 10.9 Å². The average molecular weight is 175 g/mol. The quantitative estimate of drug-likeness (QED) is 0.699. The van der Waals surface area contributed by atoms with Crippen LogP contribution >= 0.6 is 0 Å². The molecule has 0 aromatic carbocycles. The van der Waals surface area contributed by atoms with Gasteiger partial charge < -0.3 is 4.98 Å². The third kappa shape index (κ3) is 1.30. The largest absolute Gasteiger partial charge is 0.345 e. The van der Waals surface area contributed by atoms with Crippen LogP contribution in [0.15, 0.2) is 23.3 Å². The Balaban J connectivity index is 2.87. The lowest BCUT2D eigenvalue weighted by atomic mass is 10.2. The zero-order chi connectivity index (χ0) is 9.26. The number of aromatic amines is 1. The van der Waals surface area contributed by atoms with E-state index in [4.69, 9.17) is 0 Å². The van der Waals surface area contributed by atoms with Gasteiger partial charge in [-0.2, -0.15) is 0 Å². The molecular formula is C9H9N3O. The van der Waals surface area contributed by atoms with E-state index in [-0.39, 0.29) is 5.69 Å². The van der Waals surface area contributed by atoms with Crippen molar-refractivity contribution >= 4 is 10.9 Å². The number of aromatic nitrogens is 3. The fourth-order valence-corrected chi connectivity index (χ4v) is 1.31. The van der Waals surface area contributed by atoms with Gasteiger partial charge in [0.25, 0.3) is 0 Å². The Morgan fingerprint density at radius 2 is 2.31 bits per heavy atom.